The van der Waals surface area contributed by atoms with Gasteiger partial charge in [-0.1, -0.05) is 18.2 Å². The van der Waals surface area contributed by atoms with Crippen LogP contribution in [0.4, 0.5) is 5.69 Å². The molecule has 0 fully saturated rings. The fourth-order valence-corrected chi connectivity index (χ4v) is 2.92. The van der Waals surface area contributed by atoms with Gasteiger partial charge in [0.2, 0.25) is 0 Å². The first-order valence-electron chi connectivity index (χ1n) is 5.51. The number of hydrogen-bond donors (Lipinski definition) is 1. The SMILES string of the molecule is COc1cccc(CNc2c(Br)cccc2Br)c1. The number of hydrogen-bond acceptors (Lipinski definition) is 2. The zero-order valence-corrected chi connectivity index (χ0v) is 13.1. The summed E-state index contributed by atoms with van der Waals surface area (Å²) in [5.74, 6) is 0.875. The Morgan fingerprint density at radius 1 is 1.06 bits per heavy atom. The summed E-state index contributed by atoms with van der Waals surface area (Å²) >= 11 is 7.06. The van der Waals surface area contributed by atoms with Crippen LogP contribution in [0.5, 0.6) is 5.75 Å². The normalized spacial score (nSPS) is 10.2. The lowest BCUT2D eigenvalue weighted by molar-refractivity contribution is 0.414. The number of anilines is 1. The molecule has 0 unspecified atom stereocenters. The van der Waals surface area contributed by atoms with E-state index in [1.807, 2.05) is 36.4 Å². The minimum atomic E-state index is 0.748. The summed E-state index contributed by atoms with van der Waals surface area (Å²) in [4.78, 5) is 0. The number of rotatable bonds is 4. The van der Waals surface area contributed by atoms with E-state index in [0.717, 1.165) is 26.9 Å². The fraction of sp³-hybridized carbons (Fsp3) is 0.143. The van der Waals surface area contributed by atoms with Crippen LogP contribution in [0.3, 0.4) is 0 Å². The van der Waals surface area contributed by atoms with E-state index in [4.69, 9.17) is 4.74 Å². The molecule has 18 heavy (non-hydrogen) atoms. The Labute approximate surface area is 124 Å². The van der Waals surface area contributed by atoms with Crippen molar-refractivity contribution in [2.24, 2.45) is 0 Å². The zero-order valence-electron chi connectivity index (χ0n) is 9.91. The van der Waals surface area contributed by atoms with Gasteiger partial charge in [-0.2, -0.15) is 0 Å². The van der Waals surface area contributed by atoms with Crippen LogP contribution in [0.15, 0.2) is 51.4 Å². The molecule has 1 N–H and O–H groups in total. The first-order chi connectivity index (χ1) is 8.70. The highest BCUT2D eigenvalue weighted by Crippen LogP contribution is 2.31. The number of halogens is 2. The van der Waals surface area contributed by atoms with Crippen molar-refractivity contribution in [2.75, 3.05) is 12.4 Å². The molecule has 0 aliphatic carbocycles. The van der Waals surface area contributed by atoms with E-state index in [0.29, 0.717) is 0 Å². The maximum absolute atomic E-state index is 5.21. The van der Waals surface area contributed by atoms with Crippen LogP contribution in [-0.4, -0.2) is 7.11 Å². The smallest absolute Gasteiger partial charge is 0.119 e. The summed E-state index contributed by atoms with van der Waals surface area (Å²) in [6, 6.07) is 14.0. The van der Waals surface area contributed by atoms with Gasteiger partial charge in [0, 0.05) is 15.5 Å². The first-order valence-corrected chi connectivity index (χ1v) is 7.10. The third-order valence-electron chi connectivity index (χ3n) is 2.57. The maximum Gasteiger partial charge on any atom is 0.119 e. The van der Waals surface area contributed by atoms with Crippen molar-refractivity contribution in [2.45, 2.75) is 6.54 Å². The molecule has 4 heteroatoms. The summed E-state index contributed by atoms with van der Waals surface area (Å²) in [6.07, 6.45) is 0. The van der Waals surface area contributed by atoms with Crippen LogP contribution in [0.25, 0.3) is 0 Å². The predicted octanol–water partition coefficient (Wildman–Crippen LogP) is 4.83. The molecule has 0 amide bonds. The van der Waals surface area contributed by atoms with Crippen molar-refractivity contribution >= 4 is 37.5 Å². The quantitative estimate of drug-likeness (QED) is 0.831. The molecular weight excluding hydrogens is 358 g/mol. The van der Waals surface area contributed by atoms with E-state index in [1.54, 1.807) is 7.11 Å². The number of para-hydroxylation sites is 1. The first kappa shape index (κ1) is 13.4. The Kier molecular flexibility index (Phi) is 4.66. The Bertz CT molecular complexity index is 523. The van der Waals surface area contributed by atoms with Gasteiger partial charge in [0.25, 0.3) is 0 Å². The van der Waals surface area contributed by atoms with Crippen LogP contribution in [0, 0.1) is 0 Å². The number of benzene rings is 2. The van der Waals surface area contributed by atoms with Gasteiger partial charge in [-0.25, -0.2) is 0 Å². The van der Waals surface area contributed by atoms with E-state index in [-0.39, 0.29) is 0 Å². The van der Waals surface area contributed by atoms with Crippen LogP contribution in [0.1, 0.15) is 5.56 Å². The van der Waals surface area contributed by atoms with Gasteiger partial charge in [-0.05, 0) is 61.7 Å². The Balaban J connectivity index is 2.11. The molecule has 0 heterocycles. The van der Waals surface area contributed by atoms with Crippen LogP contribution in [-0.2, 0) is 6.54 Å². The molecule has 2 rings (SSSR count). The van der Waals surface area contributed by atoms with Gasteiger partial charge in [-0.15, -0.1) is 0 Å². The molecule has 0 aromatic heterocycles. The van der Waals surface area contributed by atoms with Crippen molar-refractivity contribution in [1.82, 2.24) is 0 Å². The highest BCUT2D eigenvalue weighted by molar-refractivity contribution is 9.11. The molecule has 0 aliphatic heterocycles. The largest absolute Gasteiger partial charge is 0.497 e. The average Bonchev–Trinajstić information content (AvgIpc) is 2.38. The molecule has 2 aromatic rings. The highest BCUT2D eigenvalue weighted by Gasteiger charge is 2.04. The van der Waals surface area contributed by atoms with Crippen molar-refractivity contribution in [3.63, 3.8) is 0 Å². The van der Waals surface area contributed by atoms with Crippen molar-refractivity contribution in [3.8, 4) is 5.75 Å². The molecule has 2 nitrogen and oxygen atoms in total. The highest BCUT2D eigenvalue weighted by atomic mass is 79.9. The topological polar surface area (TPSA) is 21.3 Å². The molecule has 0 saturated heterocycles. The minimum Gasteiger partial charge on any atom is -0.497 e. The molecule has 0 aliphatic rings. The Morgan fingerprint density at radius 2 is 1.72 bits per heavy atom. The standard InChI is InChI=1S/C14H13Br2NO/c1-18-11-5-2-4-10(8-11)9-17-14-12(15)6-3-7-13(14)16/h2-8,17H,9H2,1H3. The monoisotopic (exact) mass is 369 g/mol. The van der Waals surface area contributed by atoms with Crippen molar-refractivity contribution in [1.29, 1.82) is 0 Å². The molecule has 0 spiro atoms. The molecule has 0 saturated carbocycles. The molecule has 0 atom stereocenters. The van der Waals surface area contributed by atoms with Crippen molar-refractivity contribution < 1.29 is 4.74 Å². The predicted molar refractivity (Wildman–Crippen MR) is 82.2 cm³/mol. The van der Waals surface area contributed by atoms with E-state index in [9.17, 15) is 0 Å². The third-order valence-corrected chi connectivity index (χ3v) is 3.89. The number of nitrogens with one attached hydrogen (secondary N) is 1. The van der Waals surface area contributed by atoms with Gasteiger partial charge in [0.15, 0.2) is 0 Å². The second-order valence-corrected chi connectivity index (χ2v) is 5.51. The van der Waals surface area contributed by atoms with Crippen LogP contribution >= 0.6 is 31.9 Å². The van der Waals surface area contributed by atoms with E-state index >= 15 is 0 Å². The lowest BCUT2D eigenvalue weighted by atomic mass is 10.2. The molecule has 2 aromatic carbocycles. The van der Waals surface area contributed by atoms with Crippen LogP contribution < -0.4 is 10.1 Å². The minimum absolute atomic E-state index is 0.748. The summed E-state index contributed by atoms with van der Waals surface area (Å²) in [5.41, 5.74) is 2.23. The van der Waals surface area contributed by atoms with E-state index < -0.39 is 0 Å². The van der Waals surface area contributed by atoms with Crippen molar-refractivity contribution in [3.05, 3.63) is 57.0 Å². The van der Waals surface area contributed by atoms with Crippen LogP contribution in [0.2, 0.25) is 0 Å². The Hall–Kier alpha value is -1.00. The van der Waals surface area contributed by atoms with Gasteiger partial charge in [-0.3, -0.25) is 0 Å². The average molecular weight is 371 g/mol. The van der Waals surface area contributed by atoms with Gasteiger partial charge in [0.1, 0.15) is 5.75 Å². The molecule has 0 bridgehead atoms. The van der Waals surface area contributed by atoms with Gasteiger partial charge in [0.05, 0.1) is 12.8 Å². The Morgan fingerprint density at radius 3 is 2.39 bits per heavy atom. The summed E-state index contributed by atoms with van der Waals surface area (Å²) in [6.45, 7) is 0.748. The number of ether oxygens (including phenoxy) is 1. The maximum atomic E-state index is 5.21. The number of methoxy groups -OCH3 is 1. The molecular formula is C14H13Br2NO. The second kappa shape index (κ2) is 6.25. The molecule has 0 radical (unpaired) electrons. The third kappa shape index (κ3) is 3.27. The summed E-state index contributed by atoms with van der Waals surface area (Å²) in [7, 11) is 1.68. The fourth-order valence-electron chi connectivity index (χ4n) is 1.64. The van der Waals surface area contributed by atoms with Gasteiger partial charge >= 0.3 is 0 Å². The van der Waals surface area contributed by atoms with E-state index in [2.05, 4.69) is 43.2 Å². The van der Waals surface area contributed by atoms with Gasteiger partial charge < -0.3 is 10.1 Å². The summed E-state index contributed by atoms with van der Waals surface area (Å²) in [5, 5.41) is 3.40. The summed E-state index contributed by atoms with van der Waals surface area (Å²) < 4.78 is 7.29. The second-order valence-electron chi connectivity index (χ2n) is 3.80. The lowest BCUT2D eigenvalue weighted by Gasteiger charge is -2.11. The van der Waals surface area contributed by atoms with E-state index in [1.165, 1.54) is 5.56 Å². The zero-order chi connectivity index (χ0) is 13.0. The lowest BCUT2D eigenvalue weighted by Crippen LogP contribution is -2.01. The molecule has 94 valence electrons.